The van der Waals surface area contributed by atoms with Crippen LogP contribution >= 0.6 is 11.6 Å². The largest absolute Gasteiger partial charge is 0.507 e. The minimum absolute atomic E-state index is 0.124. The van der Waals surface area contributed by atoms with E-state index in [9.17, 15) is 9.90 Å². The molecule has 1 aromatic heterocycles. The first-order valence-corrected chi connectivity index (χ1v) is 11.8. The summed E-state index contributed by atoms with van der Waals surface area (Å²) in [5, 5.41) is 18.9. The number of aromatic amines is 1. The Morgan fingerprint density at radius 1 is 1.11 bits per heavy atom. The highest BCUT2D eigenvalue weighted by Crippen LogP contribution is 2.45. The number of aromatic nitrogens is 2. The van der Waals surface area contributed by atoms with Gasteiger partial charge in [-0.2, -0.15) is 5.10 Å². The Hall–Kier alpha value is -3.77. The molecule has 2 N–H and O–H groups in total. The van der Waals surface area contributed by atoms with E-state index in [2.05, 4.69) is 10.2 Å². The zero-order valence-electron chi connectivity index (χ0n) is 19.8. The smallest absolute Gasteiger partial charge is 0.273 e. The summed E-state index contributed by atoms with van der Waals surface area (Å²) in [7, 11) is 1.64. The average Bonchev–Trinajstić information content (AvgIpc) is 3.39. The molecular weight excluding hydrogens is 462 g/mol. The van der Waals surface area contributed by atoms with Gasteiger partial charge in [0, 0.05) is 22.7 Å². The van der Waals surface area contributed by atoms with Gasteiger partial charge >= 0.3 is 0 Å². The number of phenols is 1. The van der Waals surface area contributed by atoms with Crippen molar-refractivity contribution in [1.29, 1.82) is 0 Å². The summed E-state index contributed by atoms with van der Waals surface area (Å²) in [6, 6.07) is 18.8. The van der Waals surface area contributed by atoms with Crippen molar-refractivity contribution in [2.45, 2.75) is 26.3 Å². The molecule has 1 aliphatic heterocycles. The minimum Gasteiger partial charge on any atom is -0.507 e. The van der Waals surface area contributed by atoms with Gasteiger partial charge < -0.3 is 14.7 Å². The van der Waals surface area contributed by atoms with Gasteiger partial charge in [-0.25, -0.2) is 0 Å². The first-order chi connectivity index (χ1) is 16.9. The van der Waals surface area contributed by atoms with E-state index in [0.29, 0.717) is 34.9 Å². The molecule has 0 saturated heterocycles. The molecule has 35 heavy (non-hydrogen) atoms. The maximum atomic E-state index is 13.6. The van der Waals surface area contributed by atoms with Crippen LogP contribution in [-0.4, -0.2) is 39.8 Å². The van der Waals surface area contributed by atoms with Crippen LogP contribution in [0.15, 0.2) is 60.7 Å². The maximum absolute atomic E-state index is 13.6. The quantitative estimate of drug-likeness (QED) is 0.357. The lowest BCUT2D eigenvalue weighted by atomic mass is 9.94. The van der Waals surface area contributed by atoms with Crippen LogP contribution in [0, 0.1) is 13.8 Å². The highest BCUT2D eigenvalue weighted by molar-refractivity contribution is 6.30. The van der Waals surface area contributed by atoms with Crippen LogP contribution in [0.25, 0.3) is 11.3 Å². The lowest BCUT2D eigenvalue weighted by Crippen LogP contribution is -2.31. The van der Waals surface area contributed by atoms with Crippen molar-refractivity contribution in [2.75, 3.05) is 13.7 Å². The van der Waals surface area contributed by atoms with Crippen LogP contribution in [0.4, 0.5) is 0 Å². The van der Waals surface area contributed by atoms with Crippen molar-refractivity contribution in [2.24, 2.45) is 0 Å². The van der Waals surface area contributed by atoms with Crippen LogP contribution in [-0.2, 0) is 6.42 Å². The second-order valence-corrected chi connectivity index (χ2v) is 9.33. The molecule has 1 unspecified atom stereocenters. The number of amides is 1. The molecular formula is C28H26ClN3O3. The molecule has 6 nitrogen and oxygen atoms in total. The Kier molecular flexibility index (Phi) is 5.99. The normalized spacial score (nSPS) is 14.9. The molecule has 0 spiro atoms. The van der Waals surface area contributed by atoms with E-state index in [4.69, 9.17) is 16.3 Å². The van der Waals surface area contributed by atoms with Crippen molar-refractivity contribution in [3.8, 4) is 22.8 Å². The molecule has 1 amide bonds. The molecule has 0 bridgehead atoms. The third-order valence-electron chi connectivity index (χ3n) is 6.53. The van der Waals surface area contributed by atoms with Gasteiger partial charge in [-0.3, -0.25) is 9.89 Å². The average molecular weight is 488 g/mol. The van der Waals surface area contributed by atoms with Gasteiger partial charge in [-0.05, 0) is 72.9 Å². The van der Waals surface area contributed by atoms with Crippen molar-refractivity contribution in [3.63, 3.8) is 0 Å². The number of aromatic hydroxyl groups is 1. The predicted molar refractivity (Wildman–Crippen MR) is 136 cm³/mol. The summed E-state index contributed by atoms with van der Waals surface area (Å²) in [6.45, 7) is 4.34. The molecule has 2 heterocycles. The third-order valence-corrected chi connectivity index (χ3v) is 6.76. The Balaban J connectivity index is 1.58. The topological polar surface area (TPSA) is 78.5 Å². The fourth-order valence-corrected chi connectivity index (χ4v) is 5.04. The number of hydrogen-bond acceptors (Lipinski definition) is 4. The summed E-state index contributed by atoms with van der Waals surface area (Å²) < 4.78 is 5.26. The summed E-state index contributed by atoms with van der Waals surface area (Å²) in [5.74, 6) is 0.835. The van der Waals surface area contributed by atoms with Crippen LogP contribution in [0.3, 0.4) is 0 Å². The molecule has 0 saturated carbocycles. The van der Waals surface area contributed by atoms with Crippen LogP contribution < -0.4 is 4.74 Å². The summed E-state index contributed by atoms with van der Waals surface area (Å²) in [5.41, 5.74) is 6.15. The number of ether oxygens (including phenoxy) is 1. The van der Waals surface area contributed by atoms with E-state index < -0.39 is 0 Å². The molecule has 1 aliphatic rings. The molecule has 1 atom stereocenters. The van der Waals surface area contributed by atoms with E-state index in [1.165, 1.54) is 0 Å². The van der Waals surface area contributed by atoms with Gasteiger partial charge in [0.2, 0.25) is 0 Å². The predicted octanol–water partition coefficient (Wildman–Crippen LogP) is 5.85. The van der Waals surface area contributed by atoms with Crippen LogP contribution in [0.5, 0.6) is 11.5 Å². The minimum atomic E-state index is -0.386. The van der Waals surface area contributed by atoms with E-state index in [0.717, 1.165) is 33.6 Å². The van der Waals surface area contributed by atoms with Crippen molar-refractivity contribution >= 4 is 17.5 Å². The SMILES string of the molecule is COc1ccc(CCN2C(=O)c3[nH]nc(-c4cc(C)cc(C)c4O)c3C2c2cccc(Cl)c2)cc1. The molecule has 4 aromatic rings. The van der Waals surface area contributed by atoms with Crippen molar-refractivity contribution in [3.05, 3.63) is 99.2 Å². The molecule has 0 fully saturated rings. The number of nitrogens with one attached hydrogen (secondary N) is 1. The first-order valence-electron chi connectivity index (χ1n) is 11.5. The maximum Gasteiger partial charge on any atom is 0.273 e. The molecule has 0 radical (unpaired) electrons. The highest BCUT2D eigenvalue weighted by atomic mass is 35.5. The number of hydrogen-bond donors (Lipinski definition) is 2. The lowest BCUT2D eigenvalue weighted by Gasteiger charge is -2.27. The Morgan fingerprint density at radius 2 is 1.89 bits per heavy atom. The van der Waals surface area contributed by atoms with Gasteiger partial charge in [0.15, 0.2) is 0 Å². The highest BCUT2D eigenvalue weighted by Gasteiger charge is 2.42. The number of methoxy groups -OCH3 is 1. The zero-order valence-corrected chi connectivity index (χ0v) is 20.6. The number of carbonyl (C=O) groups is 1. The number of phenolic OH excluding ortho intramolecular Hbond substituents is 1. The number of fused-ring (bicyclic) bond motifs is 1. The summed E-state index contributed by atoms with van der Waals surface area (Å²) in [6.07, 6.45) is 0.675. The van der Waals surface area contributed by atoms with Gasteiger partial charge in [0.1, 0.15) is 22.9 Å². The fraction of sp³-hybridized carbons (Fsp3) is 0.214. The summed E-state index contributed by atoms with van der Waals surface area (Å²) in [4.78, 5) is 15.4. The number of halogens is 1. The zero-order chi connectivity index (χ0) is 24.7. The lowest BCUT2D eigenvalue weighted by molar-refractivity contribution is 0.0746. The van der Waals surface area contributed by atoms with E-state index in [1.54, 1.807) is 7.11 Å². The van der Waals surface area contributed by atoms with Crippen LogP contribution in [0.1, 0.15) is 44.3 Å². The second-order valence-electron chi connectivity index (χ2n) is 8.89. The third kappa shape index (κ3) is 4.15. The standard InChI is InChI=1S/C28H26ClN3O3/c1-16-13-17(2)27(33)22(14-16)24-23-25(31-30-24)28(34)32(26(23)19-5-4-6-20(29)15-19)12-11-18-7-9-21(35-3)10-8-18/h4-10,13-15,26,33H,11-12H2,1-3H3,(H,30,31). The van der Waals surface area contributed by atoms with Gasteiger partial charge in [-0.15, -0.1) is 0 Å². The Morgan fingerprint density at radius 3 is 2.60 bits per heavy atom. The van der Waals surface area contributed by atoms with Gasteiger partial charge in [0.25, 0.3) is 5.91 Å². The molecule has 3 aromatic carbocycles. The van der Waals surface area contributed by atoms with Crippen molar-refractivity contribution in [1.82, 2.24) is 15.1 Å². The van der Waals surface area contributed by atoms with E-state index in [-0.39, 0.29) is 17.7 Å². The van der Waals surface area contributed by atoms with Gasteiger partial charge in [0.05, 0.1) is 13.2 Å². The number of nitrogens with zero attached hydrogens (tertiary/aromatic N) is 2. The fourth-order valence-electron chi connectivity index (χ4n) is 4.84. The van der Waals surface area contributed by atoms with Crippen molar-refractivity contribution < 1.29 is 14.6 Å². The summed E-state index contributed by atoms with van der Waals surface area (Å²) >= 11 is 6.35. The van der Waals surface area contributed by atoms with Crippen LogP contribution in [0.2, 0.25) is 5.02 Å². The molecule has 5 rings (SSSR count). The van der Waals surface area contributed by atoms with Gasteiger partial charge in [-0.1, -0.05) is 41.9 Å². The van der Waals surface area contributed by atoms with E-state index >= 15 is 0 Å². The Bertz CT molecular complexity index is 1410. The second kappa shape index (κ2) is 9.12. The number of carbonyl (C=O) groups excluding carboxylic acids is 1. The molecule has 178 valence electrons. The first kappa shape index (κ1) is 23.0. The number of rotatable bonds is 6. The molecule has 7 heteroatoms. The monoisotopic (exact) mass is 487 g/mol. The number of benzene rings is 3. The van der Waals surface area contributed by atoms with E-state index in [1.807, 2.05) is 79.4 Å². The number of H-pyrrole nitrogens is 1. The molecule has 0 aliphatic carbocycles. The Labute approximate surface area is 209 Å². The number of aryl methyl sites for hydroxylation is 2.